The number of carbonyl (C=O) groups excluding carboxylic acids is 1. The minimum Gasteiger partial charge on any atom is -0.491 e. The van der Waals surface area contributed by atoms with Gasteiger partial charge in [-0.15, -0.1) is 0 Å². The lowest BCUT2D eigenvalue weighted by molar-refractivity contribution is -0.135. The summed E-state index contributed by atoms with van der Waals surface area (Å²) in [6.45, 7) is 5.33. The van der Waals surface area contributed by atoms with E-state index in [0.29, 0.717) is 30.0 Å². The molecular formula is C24H29N7O4. The van der Waals surface area contributed by atoms with Gasteiger partial charge in [-0.05, 0) is 31.2 Å². The highest BCUT2D eigenvalue weighted by atomic mass is 16.5. The Morgan fingerprint density at radius 1 is 1.20 bits per heavy atom. The summed E-state index contributed by atoms with van der Waals surface area (Å²) in [4.78, 5) is 34.6. The Hall–Kier alpha value is -3.99. The second-order valence-electron chi connectivity index (χ2n) is 8.20. The number of amides is 1. The van der Waals surface area contributed by atoms with E-state index in [0.717, 1.165) is 43.3 Å². The minimum atomic E-state index is -1.11. The fraction of sp³-hybridized carbons (Fsp3) is 0.375. The molecule has 3 N–H and O–H groups in total. The molecule has 0 unspecified atom stereocenters. The number of hydrogen-bond acceptors (Lipinski definition) is 8. The summed E-state index contributed by atoms with van der Waals surface area (Å²) >= 11 is 0. The van der Waals surface area contributed by atoms with Gasteiger partial charge in [0.05, 0.1) is 6.61 Å². The molecule has 1 aliphatic heterocycles. The summed E-state index contributed by atoms with van der Waals surface area (Å²) < 4.78 is 7.71. The Morgan fingerprint density at radius 3 is 2.77 bits per heavy atom. The third-order valence-electron chi connectivity index (χ3n) is 5.91. The molecule has 11 nitrogen and oxygen atoms in total. The Labute approximate surface area is 203 Å². The summed E-state index contributed by atoms with van der Waals surface area (Å²) in [5.74, 6) is -0.103. The van der Waals surface area contributed by atoms with Gasteiger partial charge in [0, 0.05) is 68.9 Å². The number of hydrogen-bond donors (Lipinski definition) is 3. The fourth-order valence-corrected chi connectivity index (χ4v) is 3.99. The Balaban J connectivity index is 1.48. The molecule has 4 rings (SSSR count). The van der Waals surface area contributed by atoms with Gasteiger partial charge in [-0.2, -0.15) is 5.10 Å². The molecule has 0 aromatic carbocycles. The normalized spacial score (nSPS) is 13.5. The molecule has 1 aliphatic rings. The van der Waals surface area contributed by atoms with Crippen molar-refractivity contribution in [2.75, 3.05) is 44.2 Å². The van der Waals surface area contributed by atoms with Crippen LogP contribution in [0.15, 0.2) is 36.7 Å². The van der Waals surface area contributed by atoms with Crippen molar-refractivity contribution in [2.45, 2.75) is 13.3 Å². The van der Waals surface area contributed by atoms with Crippen LogP contribution in [0.1, 0.15) is 21.7 Å². The quantitative estimate of drug-likeness (QED) is 0.411. The van der Waals surface area contributed by atoms with E-state index in [1.807, 2.05) is 31.2 Å². The van der Waals surface area contributed by atoms with Gasteiger partial charge in [-0.1, -0.05) is 0 Å². The largest absolute Gasteiger partial charge is 0.491 e. The van der Waals surface area contributed by atoms with Gasteiger partial charge in [0.1, 0.15) is 23.8 Å². The number of pyridine rings is 2. The number of aryl methyl sites for hydroxylation is 1. The molecule has 0 radical (unpaired) electrons. The fourth-order valence-electron chi connectivity index (χ4n) is 3.99. The van der Waals surface area contributed by atoms with E-state index >= 15 is 0 Å². The summed E-state index contributed by atoms with van der Waals surface area (Å²) in [5, 5.41) is 18.8. The first kappa shape index (κ1) is 24.1. The molecule has 1 amide bonds. The maximum atomic E-state index is 12.5. The van der Waals surface area contributed by atoms with Crippen molar-refractivity contribution in [3.05, 3.63) is 53.6 Å². The Bertz CT molecular complexity index is 1200. The molecule has 0 atom stereocenters. The van der Waals surface area contributed by atoms with Crippen molar-refractivity contribution in [2.24, 2.45) is 7.05 Å². The average Bonchev–Trinajstić information content (AvgIpc) is 3.17. The number of carboxylic acids is 1. The zero-order valence-corrected chi connectivity index (χ0v) is 19.8. The molecule has 4 heterocycles. The number of aliphatic carboxylic acids is 1. The van der Waals surface area contributed by atoms with Crippen LogP contribution in [0.25, 0.3) is 11.3 Å². The number of ether oxygens (including phenoxy) is 1. The number of carboxylic acid groups (broad SMARTS) is 1. The van der Waals surface area contributed by atoms with Crippen molar-refractivity contribution in [3.63, 3.8) is 0 Å². The van der Waals surface area contributed by atoms with Gasteiger partial charge in [-0.3, -0.25) is 19.3 Å². The number of aromatic nitrogens is 4. The topological polar surface area (TPSA) is 135 Å². The monoisotopic (exact) mass is 479 g/mol. The summed E-state index contributed by atoms with van der Waals surface area (Å²) in [6.07, 6.45) is 3.93. The Morgan fingerprint density at radius 2 is 2.00 bits per heavy atom. The second-order valence-corrected chi connectivity index (χ2v) is 8.20. The standard InChI is InChI=1S/C24H29N7O4/c1-16-18(23(29-30(16)2)24(34)28-15-21(32)33)6-13-35-19-4-3-7-27-22(19)17-5-8-26-20(14-17)31-11-9-25-10-12-31/h3-5,7-8,14,25H,6,9-13,15H2,1-2H3,(H,28,34)(H,32,33). The van der Waals surface area contributed by atoms with Crippen LogP contribution < -0.4 is 20.3 Å². The highest BCUT2D eigenvalue weighted by molar-refractivity contribution is 5.95. The van der Waals surface area contributed by atoms with Crippen molar-refractivity contribution in [1.82, 2.24) is 30.4 Å². The number of piperazine rings is 1. The van der Waals surface area contributed by atoms with Crippen molar-refractivity contribution in [3.8, 4) is 17.0 Å². The molecule has 184 valence electrons. The van der Waals surface area contributed by atoms with Crippen LogP contribution in [-0.4, -0.2) is 76.1 Å². The van der Waals surface area contributed by atoms with Gasteiger partial charge in [0.25, 0.3) is 5.91 Å². The van der Waals surface area contributed by atoms with Crippen LogP contribution in [0.5, 0.6) is 5.75 Å². The first-order valence-electron chi connectivity index (χ1n) is 11.5. The highest BCUT2D eigenvalue weighted by Gasteiger charge is 2.20. The lowest BCUT2D eigenvalue weighted by atomic mass is 10.1. The summed E-state index contributed by atoms with van der Waals surface area (Å²) in [6, 6.07) is 7.62. The van der Waals surface area contributed by atoms with Gasteiger partial charge >= 0.3 is 5.97 Å². The molecule has 3 aromatic heterocycles. The molecule has 35 heavy (non-hydrogen) atoms. The van der Waals surface area contributed by atoms with Gasteiger partial charge in [0.2, 0.25) is 0 Å². The summed E-state index contributed by atoms with van der Waals surface area (Å²) in [5.41, 5.74) is 3.36. The maximum absolute atomic E-state index is 12.5. The molecule has 0 bridgehead atoms. The third kappa shape index (κ3) is 5.75. The van der Waals surface area contributed by atoms with Gasteiger partial charge in [0.15, 0.2) is 5.69 Å². The summed E-state index contributed by atoms with van der Waals surface area (Å²) in [7, 11) is 1.74. The molecule has 3 aromatic rings. The van der Waals surface area contributed by atoms with Crippen LogP contribution in [0.3, 0.4) is 0 Å². The van der Waals surface area contributed by atoms with Gasteiger partial charge in [-0.25, -0.2) is 4.98 Å². The predicted molar refractivity (Wildman–Crippen MR) is 130 cm³/mol. The molecule has 0 spiro atoms. The number of nitrogens with zero attached hydrogens (tertiary/aromatic N) is 5. The third-order valence-corrected chi connectivity index (χ3v) is 5.91. The maximum Gasteiger partial charge on any atom is 0.322 e. The zero-order valence-electron chi connectivity index (χ0n) is 19.8. The van der Waals surface area contributed by atoms with Crippen LogP contribution in [0.4, 0.5) is 5.82 Å². The molecular weight excluding hydrogens is 450 g/mol. The minimum absolute atomic E-state index is 0.205. The lowest BCUT2D eigenvalue weighted by Gasteiger charge is -2.28. The van der Waals surface area contributed by atoms with E-state index in [9.17, 15) is 9.59 Å². The Kier molecular flexibility index (Phi) is 7.56. The van der Waals surface area contributed by atoms with E-state index in [-0.39, 0.29) is 5.69 Å². The lowest BCUT2D eigenvalue weighted by Crippen LogP contribution is -2.43. The van der Waals surface area contributed by atoms with Crippen molar-refractivity contribution < 1.29 is 19.4 Å². The number of anilines is 1. The number of carbonyl (C=O) groups is 2. The molecule has 1 saturated heterocycles. The van der Waals surface area contributed by atoms with Crippen molar-refractivity contribution >= 4 is 17.7 Å². The smallest absolute Gasteiger partial charge is 0.322 e. The van der Waals surface area contributed by atoms with E-state index in [2.05, 4.69) is 30.6 Å². The van der Waals surface area contributed by atoms with E-state index in [1.165, 1.54) is 0 Å². The van der Waals surface area contributed by atoms with Crippen LogP contribution >= 0.6 is 0 Å². The van der Waals surface area contributed by atoms with Crippen molar-refractivity contribution in [1.29, 1.82) is 0 Å². The predicted octanol–water partition coefficient (Wildman–Crippen LogP) is 1.03. The highest BCUT2D eigenvalue weighted by Crippen LogP contribution is 2.29. The van der Waals surface area contributed by atoms with Gasteiger partial charge < -0.3 is 25.4 Å². The van der Waals surface area contributed by atoms with E-state index in [1.54, 1.807) is 24.1 Å². The van der Waals surface area contributed by atoms with E-state index < -0.39 is 18.4 Å². The molecule has 11 heteroatoms. The zero-order chi connectivity index (χ0) is 24.8. The van der Waals surface area contributed by atoms with Crippen LogP contribution in [0.2, 0.25) is 0 Å². The second kappa shape index (κ2) is 11.0. The molecule has 1 fully saturated rings. The van der Waals surface area contributed by atoms with E-state index in [4.69, 9.17) is 9.84 Å². The average molecular weight is 480 g/mol. The SMILES string of the molecule is Cc1c(CCOc2cccnc2-c2ccnc(N3CCNCC3)c2)c(C(=O)NCC(=O)O)nn1C. The number of rotatable bonds is 9. The van der Waals surface area contributed by atoms with Crippen LogP contribution in [-0.2, 0) is 18.3 Å². The molecule has 0 aliphatic carbocycles. The van der Waals surface area contributed by atoms with Crippen LogP contribution in [0, 0.1) is 6.92 Å². The molecule has 0 saturated carbocycles. The first-order valence-corrected chi connectivity index (χ1v) is 11.5. The number of nitrogens with one attached hydrogen (secondary N) is 2. The first-order chi connectivity index (χ1) is 16.9.